The molecule has 0 saturated heterocycles. The Hall–Kier alpha value is -2.29. The van der Waals surface area contributed by atoms with Crippen LogP contribution in [-0.4, -0.2) is 9.38 Å². The Labute approximate surface area is 106 Å². The quantitative estimate of drug-likeness (QED) is 0.744. The number of nitrogens with two attached hydrogens (primary N) is 1. The second-order valence-electron chi connectivity index (χ2n) is 4.57. The third-order valence-electron chi connectivity index (χ3n) is 3.12. The maximum absolute atomic E-state index is 5.90. The van der Waals surface area contributed by atoms with Crippen molar-refractivity contribution in [3.8, 4) is 0 Å². The summed E-state index contributed by atoms with van der Waals surface area (Å²) in [6.07, 6.45) is 4.81. The topological polar surface area (TPSA) is 43.3 Å². The Balaban J connectivity index is 1.99. The summed E-state index contributed by atoms with van der Waals surface area (Å²) >= 11 is 0. The van der Waals surface area contributed by atoms with Gasteiger partial charge in [0, 0.05) is 18.8 Å². The number of fused-ring (bicyclic) bond motifs is 1. The Bertz CT molecular complexity index is 645. The van der Waals surface area contributed by atoms with Gasteiger partial charge >= 0.3 is 0 Å². The van der Waals surface area contributed by atoms with Crippen LogP contribution in [0.3, 0.4) is 0 Å². The smallest absolute Gasteiger partial charge is 0.137 e. The lowest BCUT2D eigenvalue weighted by atomic mass is 10.1. The van der Waals surface area contributed by atoms with Gasteiger partial charge < -0.3 is 10.1 Å². The summed E-state index contributed by atoms with van der Waals surface area (Å²) in [5.41, 5.74) is 11.0. The van der Waals surface area contributed by atoms with Gasteiger partial charge in [0.05, 0.1) is 11.4 Å². The lowest BCUT2D eigenvalue weighted by molar-refractivity contribution is 1.11. The maximum atomic E-state index is 5.90. The summed E-state index contributed by atoms with van der Waals surface area (Å²) in [6, 6.07) is 12.4. The molecule has 2 heterocycles. The van der Waals surface area contributed by atoms with Gasteiger partial charge in [0.15, 0.2) is 0 Å². The Morgan fingerprint density at radius 3 is 2.72 bits per heavy atom. The monoisotopic (exact) mass is 237 g/mol. The zero-order valence-electron chi connectivity index (χ0n) is 10.3. The van der Waals surface area contributed by atoms with Crippen molar-refractivity contribution in [3.63, 3.8) is 0 Å². The van der Waals surface area contributed by atoms with Crippen molar-refractivity contribution in [2.45, 2.75) is 13.3 Å². The van der Waals surface area contributed by atoms with E-state index in [4.69, 9.17) is 5.73 Å². The molecule has 1 aromatic carbocycles. The predicted octanol–water partition coefficient (Wildman–Crippen LogP) is 2.82. The van der Waals surface area contributed by atoms with E-state index in [2.05, 4.69) is 17.1 Å². The van der Waals surface area contributed by atoms with E-state index in [1.165, 1.54) is 5.56 Å². The summed E-state index contributed by atoms with van der Waals surface area (Å²) in [5, 5.41) is 0. The molecule has 3 rings (SSSR count). The molecule has 0 saturated carbocycles. The SMILES string of the molecule is Cc1cc2nc(Cc3ccccc3)cn2cc1N. The molecule has 2 aromatic heterocycles. The second kappa shape index (κ2) is 4.18. The van der Waals surface area contributed by atoms with Crippen molar-refractivity contribution in [3.05, 3.63) is 65.6 Å². The highest BCUT2D eigenvalue weighted by Gasteiger charge is 2.04. The molecule has 2 N–H and O–H groups in total. The predicted molar refractivity (Wildman–Crippen MR) is 73.6 cm³/mol. The molecule has 0 aliphatic rings. The molecule has 3 heteroatoms. The van der Waals surface area contributed by atoms with Crippen LogP contribution in [0.2, 0.25) is 0 Å². The van der Waals surface area contributed by atoms with E-state index in [1.807, 2.05) is 48.0 Å². The van der Waals surface area contributed by atoms with Gasteiger partial charge in [-0.05, 0) is 24.1 Å². The van der Waals surface area contributed by atoms with Crippen molar-refractivity contribution >= 4 is 11.3 Å². The molecule has 0 unspecified atom stereocenters. The van der Waals surface area contributed by atoms with Crippen LogP contribution in [0.15, 0.2) is 48.8 Å². The molecule has 0 amide bonds. The Morgan fingerprint density at radius 1 is 1.17 bits per heavy atom. The highest BCUT2D eigenvalue weighted by molar-refractivity contribution is 5.54. The second-order valence-corrected chi connectivity index (χ2v) is 4.57. The molecule has 18 heavy (non-hydrogen) atoms. The standard InChI is InChI=1S/C15H15N3/c1-11-7-15-17-13(9-18(15)10-14(11)16)8-12-5-3-2-4-6-12/h2-7,9-10H,8,16H2,1H3. The number of benzene rings is 1. The summed E-state index contributed by atoms with van der Waals surface area (Å²) in [7, 11) is 0. The molecule has 0 fully saturated rings. The number of nitrogens with zero attached hydrogens (tertiary/aromatic N) is 2. The highest BCUT2D eigenvalue weighted by atomic mass is 15.0. The summed E-state index contributed by atoms with van der Waals surface area (Å²) in [5.74, 6) is 0. The fourth-order valence-corrected chi connectivity index (χ4v) is 2.09. The molecule has 3 nitrogen and oxygen atoms in total. The number of aryl methyl sites for hydroxylation is 1. The van der Waals surface area contributed by atoms with Gasteiger partial charge in [0.1, 0.15) is 5.65 Å². The van der Waals surface area contributed by atoms with Crippen LogP contribution >= 0.6 is 0 Å². The molecule has 0 aliphatic carbocycles. The molecule has 3 aromatic rings. The van der Waals surface area contributed by atoms with Crippen LogP contribution in [0, 0.1) is 6.92 Å². The fourth-order valence-electron chi connectivity index (χ4n) is 2.09. The first kappa shape index (κ1) is 10.8. The van der Waals surface area contributed by atoms with E-state index >= 15 is 0 Å². The van der Waals surface area contributed by atoms with E-state index in [-0.39, 0.29) is 0 Å². The van der Waals surface area contributed by atoms with Gasteiger partial charge in [-0.15, -0.1) is 0 Å². The normalized spacial score (nSPS) is 10.9. The fraction of sp³-hybridized carbons (Fsp3) is 0.133. The first-order valence-electron chi connectivity index (χ1n) is 6.00. The van der Waals surface area contributed by atoms with E-state index in [9.17, 15) is 0 Å². The number of anilines is 1. The van der Waals surface area contributed by atoms with Crippen LogP contribution in [0.4, 0.5) is 5.69 Å². The minimum Gasteiger partial charge on any atom is -0.397 e. The minimum atomic E-state index is 0.797. The van der Waals surface area contributed by atoms with Crippen molar-refractivity contribution in [1.29, 1.82) is 0 Å². The number of rotatable bonds is 2. The van der Waals surface area contributed by atoms with Gasteiger partial charge in [-0.1, -0.05) is 30.3 Å². The van der Waals surface area contributed by atoms with E-state index in [1.54, 1.807) is 0 Å². The molecular weight excluding hydrogens is 222 g/mol. The minimum absolute atomic E-state index is 0.797. The van der Waals surface area contributed by atoms with Gasteiger partial charge in [0.2, 0.25) is 0 Å². The van der Waals surface area contributed by atoms with Crippen molar-refractivity contribution < 1.29 is 0 Å². The van der Waals surface area contributed by atoms with Gasteiger partial charge in [-0.25, -0.2) is 4.98 Å². The number of hydrogen-bond donors (Lipinski definition) is 1. The van der Waals surface area contributed by atoms with Crippen LogP contribution in [0.25, 0.3) is 5.65 Å². The molecule has 0 bridgehead atoms. The summed E-state index contributed by atoms with van der Waals surface area (Å²) < 4.78 is 1.99. The third-order valence-corrected chi connectivity index (χ3v) is 3.12. The number of imidazole rings is 1. The first-order chi connectivity index (χ1) is 8.72. The van der Waals surface area contributed by atoms with Crippen LogP contribution in [0.1, 0.15) is 16.8 Å². The van der Waals surface area contributed by atoms with Crippen molar-refractivity contribution in [1.82, 2.24) is 9.38 Å². The van der Waals surface area contributed by atoms with Gasteiger partial charge in [-0.2, -0.15) is 0 Å². The average Bonchev–Trinajstić information content (AvgIpc) is 2.72. The molecule has 0 atom stereocenters. The third kappa shape index (κ3) is 1.95. The lowest BCUT2D eigenvalue weighted by Crippen LogP contribution is -1.93. The highest BCUT2D eigenvalue weighted by Crippen LogP contribution is 2.16. The Morgan fingerprint density at radius 2 is 1.94 bits per heavy atom. The average molecular weight is 237 g/mol. The number of hydrogen-bond acceptors (Lipinski definition) is 2. The zero-order valence-corrected chi connectivity index (χ0v) is 10.3. The first-order valence-corrected chi connectivity index (χ1v) is 6.00. The molecule has 0 aliphatic heterocycles. The van der Waals surface area contributed by atoms with E-state index in [0.717, 1.165) is 29.0 Å². The van der Waals surface area contributed by atoms with Crippen molar-refractivity contribution in [2.75, 3.05) is 5.73 Å². The van der Waals surface area contributed by atoms with E-state index < -0.39 is 0 Å². The molecule has 0 radical (unpaired) electrons. The number of nitrogen functional groups attached to an aromatic ring is 1. The summed E-state index contributed by atoms with van der Waals surface area (Å²) in [6.45, 7) is 2.00. The molecular formula is C15H15N3. The summed E-state index contributed by atoms with van der Waals surface area (Å²) in [4.78, 5) is 4.62. The zero-order chi connectivity index (χ0) is 12.5. The Kier molecular flexibility index (Phi) is 2.52. The van der Waals surface area contributed by atoms with Crippen LogP contribution < -0.4 is 5.73 Å². The lowest BCUT2D eigenvalue weighted by Gasteiger charge is -1.99. The maximum Gasteiger partial charge on any atom is 0.137 e. The number of pyridine rings is 1. The number of aromatic nitrogens is 2. The van der Waals surface area contributed by atoms with Crippen molar-refractivity contribution in [2.24, 2.45) is 0 Å². The van der Waals surface area contributed by atoms with E-state index in [0.29, 0.717) is 0 Å². The largest absolute Gasteiger partial charge is 0.397 e. The molecule has 0 spiro atoms. The van der Waals surface area contributed by atoms with Crippen LogP contribution in [-0.2, 0) is 6.42 Å². The van der Waals surface area contributed by atoms with Crippen LogP contribution in [0.5, 0.6) is 0 Å². The van der Waals surface area contributed by atoms with Gasteiger partial charge in [0.25, 0.3) is 0 Å². The van der Waals surface area contributed by atoms with Gasteiger partial charge in [-0.3, -0.25) is 0 Å². The molecule has 90 valence electrons.